The van der Waals surface area contributed by atoms with E-state index in [4.69, 9.17) is 11.6 Å². The molecule has 1 heterocycles. The average Bonchev–Trinajstić information content (AvgIpc) is 2.58. The third-order valence-corrected chi connectivity index (χ3v) is 6.34. The number of piperidine rings is 1. The van der Waals surface area contributed by atoms with E-state index in [2.05, 4.69) is 4.72 Å². The Morgan fingerprint density at radius 2 is 2.20 bits per heavy atom. The van der Waals surface area contributed by atoms with Crippen LogP contribution in [0.4, 0.5) is 0 Å². The van der Waals surface area contributed by atoms with Gasteiger partial charge in [-0.15, -0.1) is 0 Å². The van der Waals surface area contributed by atoms with E-state index in [0.29, 0.717) is 24.7 Å². The van der Waals surface area contributed by atoms with E-state index in [1.165, 1.54) is 0 Å². The Morgan fingerprint density at radius 1 is 1.44 bits per heavy atom. The van der Waals surface area contributed by atoms with Gasteiger partial charge in [0.05, 0.1) is 5.25 Å². The van der Waals surface area contributed by atoms with Crippen LogP contribution < -0.4 is 4.72 Å². The number of amides is 1. The SMILES string of the molecule is CC(C)S(=O)(=O)NCC1CCCN(C(=O)/C=C/c2cccc(Cl)c2)C1. The number of likely N-dealkylation sites (tertiary alicyclic amines) is 1. The number of carbonyl (C=O) groups is 1. The highest BCUT2D eigenvalue weighted by molar-refractivity contribution is 7.90. The quantitative estimate of drug-likeness (QED) is 0.767. The van der Waals surface area contributed by atoms with Crippen molar-refractivity contribution in [1.29, 1.82) is 0 Å². The molecule has 138 valence electrons. The third kappa shape index (κ3) is 6.13. The number of nitrogens with one attached hydrogen (secondary N) is 1. The van der Waals surface area contributed by atoms with Gasteiger partial charge in [-0.25, -0.2) is 13.1 Å². The summed E-state index contributed by atoms with van der Waals surface area (Å²) in [5.74, 6) is 0.0854. The monoisotopic (exact) mass is 384 g/mol. The summed E-state index contributed by atoms with van der Waals surface area (Å²) in [6.45, 7) is 4.95. The summed E-state index contributed by atoms with van der Waals surface area (Å²) >= 11 is 5.94. The minimum absolute atomic E-state index is 0.0589. The fourth-order valence-corrected chi connectivity index (χ4v) is 3.72. The fourth-order valence-electron chi connectivity index (χ4n) is 2.72. The highest BCUT2D eigenvalue weighted by Crippen LogP contribution is 2.17. The molecule has 1 unspecified atom stereocenters. The van der Waals surface area contributed by atoms with Gasteiger partial charge in [0.25, 0.3) is 0 Å². The summed E-state index contributed by atoms with van der Waals surface area (Å²) in [6, 6.07) is 7.30. The fraction of sp³-hybridized carbons (Fsp3) is 0.500. The molecule has 0 saturated carbocycles. The summed E-state index contributed by atoms with van der Waals surface area (Å²) in [4.78, 5) is 14.2. The maximum absolute atomic E-state index is 12.4. The maximum atomic E-state index is 12.4. The molecule has 2 rings (SSSR count). The molecule has 1 aromatic rings. The lowest BCUT2D eigenvalue weighted by Crippen LogP contribution is -2.44. The van der Waals surface area contributed by atoms with Gasteiger partial charge in [0.2, 0.25) is 15.9 Å². The van der Waals surface area contributed by atoms with Gasteiger partial charge in [-0.2, -0.15) is 0 Å². The maximum Gasteiger partial charge on any atom is 0.246 e. The molecule has 1 amide bonds. The van der Waals surface area contributed by atoms with Gasteiger partial charge in [-0.3, -0.25) is 4.79 Å². The third-order valence-electron chi connectivity index (χ3n) is 4.29. The van der Waals surface area contributed by atoms with Crippen LogP contribution in [0.5, 0.6) is 0 Å². The predicted molar refractivity (Wildman–Crippen MR) is 102 cm³/mol. The molecule has 1 aliphatic rings. The highest BCUT2D eigenvalue weighted by Gasteiger charge is 2.24. The molecule has 1 saturated heterocycles. The van der Waals surface area contributed by atoms with Crippen LogP contribution in [0.2, 0.25) is 5.02 Å². The van der Waals surface area contributed by atoms with Crippen molar-refractivity contribution in [1.82, 2.24) is 9.62 Å². The van der Waals surface area contributed by atoms with Gasteiger partial charge in [0, 0.05) is 30.7 Å². The van der Waals surface area contributed by atoms with Gasteiger partial charge in [0.1, 0.15) is 0 Å². The zero-order chi connectivity index (χ0) is 18.4. The van der Waals surface area contributed by atoms with Gasteiger partial charge in [0.15, 0.2) is 0 Å². The second-order valence-electron chi connectivity index (χ2n) is 6.62. The Kier molecular flexibility index (Phi) is 7.04. The van der Waals surface area contributed by atoms with Crippen molar-refractivity contribution in [2.75, 3.05) is 19.6 Å². The first-order chi connectivity index (χ1) is 11.8. The summed E-state index contributed by atoms with van der Waals surface area (Å²) in [5, 5.41) is 0.180. The molecule has 0 aliphatic carbocycles. The van der Waals surface area contributed by atoms with Crippen molar-refractivity contribution in [3.05, 3.63) is 40.9 Å². The lowest BCUT2D eigenvalue weighted by Gasteiger charge is -2.32. The Bertz CT molecular complexity index is 732. The number of rotatable bonds is 6. The number of benzene rings is 1. The Labute approximate surface area is 155 Å². The second kappa shape index (κ2) is 8.83. The van der Waals surface area contributed by atoms with E-state index in [-0.39, 0.29) is 11.8 Å². The smallest absolute Gasteiger partial charge is 0.246 e. The average molecular weight is 385 g/mol. The highest BCUT2D eigenvalue weighted by atomic mass is 35.5. The van der Waals surface area contributed by atoms with E-state index in [1.807, 2.05) is 12.1 Å². The molecule has 0 aromatic heterocycles. The molecule has 7 heteroatoms. The first kappa shape index (κ1) is 19.9. The zero-order valence-electron chi connectivity index (χ0n) is 14.6. The largest absolute Gasteiger partial charge is 0.339 e. The van der Waals surface area contributed by atoms with Crippen LogP contribution in [-0.2, 0) is 14.8 Å². The Hall–Kier alpha value is -1.37. The van der Waals surface area contributed by atoms with E-state index in [9.17, 15) is 13.2 Å². The van der Waals surface area contributed by atoms with Gasteiger partial charge in [-0.05, 0) is 56.4 Å². The van der Waals surface area contributed by atoms with E-state index in [1.54, 1.807) is 43.0 Å². The first-order valence-corrected chi connectivity index (χ1v) is 10.4. The predicted octanol–water partition coefficient (Wildman–Crippen LogP) is 2.92. The van der Waals surface area contributed by atoms with Crippen LogP contribution in [-0.4, -0.2) is 44.1 Å². The number of halogens is 1. The number of hydrogen-bond donors (Lipinski definition) is 1. The van der Waals surface area contributed by atoms with Crippen molar-refractivity contribution in [3.63, 3.8) is 0 Å². The zero-order valence-corrected chi connectivity index (χ0v) is 16.2. The van der Waals surface area contributed by atoms with Crippen LogP contribution in [0.3, 0.4) is 0 Å². The summed E-state index contributed by atoms with van der Waals surface area (Å²) in [7, 11) is -3.27. The molecule has 1 atom stereocenters. The van der Waals surface area contributed by atoms with E-state index < -0.39 is 15.3 Å². The Balaban J connectivity index is 1.90. The summed E-state index contributed by atoms with van der Waals surface area (Å²) < 4.78 is 26.4. The van der Waals surface area contributed by atoms with Crippen molar-refractivity contribution in [3.8, 4) is 0 Å². The molecule has 0 radical (unpaired) electrons. The molecular formula is C18H25ClN2O3S. The first-order valence-electron chi connectivity index (χ1n) is 8.49. The van der Waals surface area contributed by atoms with Crippen molar-refractivity contribution < 1.29 is 13.2 Å². The van der Waals surface area contributed by atoms with Crippen LogP contribution in [0.15, 0.2) is 30.3 Å². The minimum atomic E-state index is -3.27. The number of hydrogen-bond acceptors (Lipinski definition) is 3. The molecule has 1 N–H and O–H groups in total. The molecule has 25 heavy (non-hydrogen) atoms. The second-order valence-corrected chi connectivity index (χ2v) is 9.38. The molecule has 1 aromatic carbocycles. The molecule has 0 bridgehead atoms. The van der Waals surface area contributed by atoms with Crippen LogP contribution in [0.1, 0.15) is 32.3 Å². The van der Waals surface area contributed by atoms with Crippen molar-refractivity contribution >= 4 is 33.6 Å². The number of sulfonamides is 1. The van der Waals surface area contributed by atoms with E-state index in [0.717, 1.165) is 18.4 Å². The van der Waals surface area contributed by atoms with Gasteiger partial charge in [-0.1, -0.05) is 23.7 Å². The van der Waals surface area contributed by atoms with Crippen LogP contribution in [0.25, 0.3) is 6.08 Å². The van der Waals surface area contributed by atoms with Crippen LogP contribution >= 0.6 is 11.6 Å². The molecule has 0 spiro atoms. The van der Waals surface area contributed by atoms with Gasteiger partial charge >= 0.3 is 0 Å². The standard InChI is InChI=1S/C18H25ClN2O3S/c1-14(2)25(23,24)20-12-16-6-4-10-21(13-16)18(22)9-8-15-5-3-7-17(19)11-15/h3,5,7-9,11,14,16,20H,4,6,10,12-13H2,1-2H3/b9-8+. The Morgan fingerprint density at radius 3 is 2.88 bits per heavy atom. The number of nitrogens with zero attached hydrogens (tertiary/aromatic N) is 1. The number of carbonyl (C=O) groups excluding carboxylic acids is 1. The minimum Gasteiger partial charge on any atom is -0.339 e. The topological polar surface area (TPSA) is 66.5 Å². The van der Waals surface area contributed by atoms with E-state index >= 15 is 0 Å². The lowest BCUT2D eigenvalue weighted by atomic mass is 9.98. The van der Waals surface area contributed by atoms with Crippen molar-refractivity contribution in [2.24, 2.45) is 5.92 Å². The van der Waals surface area contributed by atoms with Gasteiger partial charge < -0.3 is 4.90 Å². The molecule has 1 aliphatic heterocycles. The summed E-state index contributed by atoms with van der Waals surface area (Å²) in [6.07, 6.45) is 5.10. The molecule has 1 fully saturated rings. The normalized spacial score (nSPS) is 18.9. The lowest BCUT2D eigenvalue weighted by molar-refractivity contribution is -0.127. The van der Waals surface area contributed by atoms with Crippen LogP contribution in [0, 0.1) is 5.92 Å². The molecular weight excluding hydrogens is 360 g/mol. The van der Waals surface area contributed by atoms with Crippen molar-refractivity contribution in [2.45, 2.75) is 31.9 Å². The summed E-state index contributed by atoms with van der Waals surface area (Å²) in [5.41, 5.74) is 0.874. The molecule has 5 nitrogen and oxygen atoms in total.